The van der Waals surface area contributed by atoms with E-state index in [4.69, 9.17) is 15.0 Å². The molecule has 3 unspecified atom stereocenters. The molecule has 1 aromatic heterocycles. The second-order valence-electron chi connectivity index (χ2n) is 4.75. The van der Waals surface area contributed by atoms with Gasteiger partial charge in [-0.3, -0.25) is 0 Å². The smallest absolute Gasteiger partial charge is 0.229 e. The molecular weight excluding hydrogens is 218 g/mol. The fourth-order valence-electron chi connectivity index (χ4n) is 2.45. The van der Waals surface area contributed by atoms with Gasteiger partial charge in [-0.05, 0) is 25.7 Å². The molecule has 1 aromatic rings. The Balaban J connectivity index is 2.06. The molecule has 1 aliphatic carbocycles. The summed E-state index contributed by atoms with van der Waals surface area (Å²) in [6, 6.07) is 0.272. The summed E-state index contributed by atoms with van der Waals surface area (Å²) in [5.41, 5.74) is 5.97. The van der Waals surface area contributed by atoms with Crippen LogP contribution in [0.25, 0.3) is 0 Å². The van der Waals surface area contributed by atoms with Gasteiger partial charge in [0.05, 0.1) is 0 Å². The van der Waals surface area contributed by atoms with Crippen LogP contribution in [0.5, 0.6) is 0 Å². The molecule has 0 aliphatic heterocycles. The Morgan fingerprint density at radius 2 is 2.35 bits per heavy atom. The lowest BCUT2D eigenvalue weighted by molar-refractivity contribution is 0.0903. The van der Waals surface area contributed by atoms with Gasteiger partial charge >= 0.3 is 0 Å². The summed E-state index contributed by atoms with van der Waals surface area (Å²) in [5, 5.41) is 4.01. The van der Waals surface area contributed by atoms with Crippen LogP contribution in [0.3, 0.4) is 0 Å². The highest BCUT2D eigenvalue weighted by molar-refractivity contribution is 4.99. The summed E-state index contributed by atoms with van der Waals surface area (Å²) < 4.78 is 10.6. The van der Waals surface area contributed by atoms with Crippen molar-refractivity contribution in [3.8, 4) is 0 Å². The van der Waals surface area contributed by atoms with Crippen molar-refractivity contribution in [1.82, 2.24) is 10.1 Å². The average molecular weight is 239 g/mol. The molecule has 2 rings (SSSR count). The number of hydrogen-bond donors (Lipinski definition) is 1. The lowest BCUT2D eigenvalue weighted by Crippen LogP contribution is -2.27. The molecule has 0 amide bonds. The van der Waals surface area contributed by atoms with Crippen LogP contribution >= 0.6 is 0 Å². The number of rotatable bonds is 4. The van der Waals surface area contributed by atoms with Gasteiger partial charge in [0.1, 0.15) is 6.10 Å². The van der Waals surface area contributed by atoms with Crippen molar-refractivity contribution in [3.05, 3.63) is 11.7 Å². The van der Waals surface area contributed by atoms with E-state index in [1.54, 1.807) is 7.11 Å². The van der Waals surface area contributed by atoms with Crippen molar-refractivity contribution in [1.29, 1.82) is 0 Å². The number of nitrogens with zero attached hydrogens (tertiary/aromatic N) is 2. The first-order chi connectivity index (χ1) is 8.24. The van der Waals surface area contributed by atoms with Gasteiger partial charge in [0.25, 0.3) is 0 Å². The minimum absolute atomic E-state index is 0.0650. The molecule has 1 saturated carbocycles. The van der Waals surface area contributed by atoms with E-state index in [0.717, 1.165) is 38.0 Å². The molecule has 5 heteroatoms. The Bertz CT molecular complexity index is 349. The summed E-state index contributed by atoms with van der Waals surface area (Å²) in [4.78, 5) is 4.45. The maximum absolute atomic E-state index is 5.97. The summed E-state index contributed by atoms with van der Waals surface area (Å²) in [5.74, 6) is 1.71. The Labute approximate surface area is 102 Å². The molecule has 17 heavy (non-hydrogen) atoms. The molecular formula is C12H21N3O2. The van der Waals surface area contributed by atoms with Crippen LogP contribution in [0.4, 0.5) is 0 Å². The minimum atomic E-state index is -0.0650. The molecule has 2 N–H and O–H groups in total. The number of methoxy groups -OCH3 is 1. The van der Waals surface area contributed by atoms with E-state index in [-0.39, 0.29) is 12.1 Å². The first-order valence-corrected chi connectivity index (χ1v) is 6.36. The van der Waals surface area contributed by atoms with Crippen molar-refractivity contribution < 1.29 is 9.26 Å². The normalized spacial score (nSPS) is 27.0. The quantitative estimate of drug-likeness (QED) is 0.871. The van der Waals surface area contributed by atoms with E-state index in [1.165, 1.54) is 0 Å². The molecule has 0 radical (unpaired) electrons. The van der Waals surface area contributed by atoms with E-state index in [0.29, 0.717) is 11.7 Å². The third-order valence-corrected chi connectivity index (χ3v) is 3.46. The van der Waals surface area contributed by atoms with E-state index < -0.39 is 0 Å². The molecule has 5 nitrogen and oxygen atoms in total. The van der Waals surface area contributed by atoms with E-state index in [2.05, 4.69) is 10.1 Å². The molecule has 0 bridgehead atoms. The van der Waals surface area contributed by atoms with Crippen LogP contribution in [0.15, 0.2) is 4.52 Å². The number of hydrogen-bond acceptors (Lipinski definition) is 5. The molecule has 1 fully saturated rings. The van der Waals surface area contributed by atoms with Gasteiger partial charge in [-0.15, -0.1) is 0 Å². The summed E-state index contributed by atoms with van der Waals surface area (Å²) >= 11 is 0. The van der Waals surface area contributed by atoms with E-state index in [9.17, 15) is 0 Å². The van der Waals surface area contributed by atoms with Gasteiger partial charge in [0, 0.05) is 19.1 Å². The second-order valence-corrected chi connectivity index (χ2v) is 4.75. The van der Waals surface area contributed by atoms with Gasteiger partial charge in [-0.2, -0.15) is 4.98 Å². The first-order valence-electron chi connectivity index (χ1n) is 6.36. The highest BCUT2D eigenvalue weighted by Crippen LogP contribution is 2.31. The largest absolute Gasteiger partial charge is 0.373 e. The maximum Gasteiger partial charge on any atom is 0.229 e. The van der Waals surface area contributed by atoms with Crippen molar-refractivity contribution >= 4 is 0 Å². The number of aromatic nitrogens is 2. The Morgan fingerprint density at radius 3 is 3.00 bits per heavy atom. The summed E-state index contributed by atoms with van der Waals surface area (Å²) in [7, 11) is 1.67. The van der Waals surface area contributed by atoms with E-state index in [1.807, 2.05) is 6.92 Å². The zero-order chi connectivity index (χ0) is 12.3. The average Bonchev–Trinajstić information content (AvgIpc) is 2.80. The van der Waals surface area contributed by atoms with Crippen LogP contribution in [0.1, 0.15) is 62.8 Å². The summed E-state index contributed by atoms with van der Waals surface area (Å²) in [6.07, 6.45) is 5.08. The predicted molar refractivity (Wildman–Crippen MR) is 63.5 cm³/mol. The van der Waals surface area contributed by atoms with Crippen LogP contribution in [-0.2, 0) is 4.74 Å². The van der Waals surface area contributed by atoms with E-state index >= 15 is 0 Å². The molecule has 0 saturated heterocycles. The van der Waals surface area contributed by atoms with Crippen molar-refractivity contribution in [3.63, 3.8) is 0 Å². The SMILES string of the molecule is CCC(OC)c1noc(C2CCCC(N)C2)n1. The Hall–Kier alpha value is -0.940. The fourth-order valence-corrected chi connectivity index (χ4v) is 2.45. The number of nitrogens with two attached hydrogens (primary N) is 1. The van der Waals surface area contributed by atoms with Crippen molar-refractivity contribution in [2.45, 2.75) is 57.1 Å². The molecule has 0 spiro atoms. The van der Waals surface area contributed by atoms with Crippen molar-refractivity contribution in [2.75, 3.05) is 7.11 Å². The third kappa shape index (κ3) is 2.84. The van der Waals surface area contributed by atoms with Crippen LogP contribution < -0.4 is 5.73 Å². The molecule has 96 valence electrons. The summed E-state index contributed by atoms with van der Waals surface area (Å²) in [6.45, 7) is 2.04. The molecule has 1 aliphatic rings. The zero-order valence-corrected chi connectivity index (χ0v) is 10.6. The molecule has 0 aromatic carbocycles. The highest BCUT2D eigenvalue weighted by atomic mass is 16.5. The second kappa shape index (κ2) is 5.60. The van der Waals surface area contributed by atoms with Gasteiger partial charge in [-0.25, -0.2) is 0 Å². The predicted octanol–water partition coefficient (Wildman–Crippen LogP) is 2.15. The fraction of sp³-hybridized carbons (Fsp3) is 0.833. The van der Waals surface area contributed by atoms with Crippen LogP contribution in [0, 0.1) is 0 Å². The van der Waals surface area contributed by atoms with Gasteiger partial charge in [-0.1, -0.05) is 18.5 Å². The highest BCUT2D eigenvalue weighted by Gasteiger charge is 2.26. The van der Waals surface area contributed by atoms with Crippen LogP contribution in [0.2, 0.25) is 0 Å². The minimum Gasteiger partial charge on any atom is -0.373 e. The first kappa shape index (κ1) is 12.5. The standard InChI is InChI=1S/C12H21N3O2/c1-3-10(16-2)11-14-12(17-15-11)8-5-4-6-9(13)7-8/h8-10H,3-7,13H2,1-2H3. The van der Waals surface area contributed by atoms with Gasteiger partial charge in [0.15, 0.2) is 0 Å². The number of ether oxygens (including phenoxy) is 1. The maximum atomic E-state index is 5.97. The lowest BCUT2D eigenvalue weighted by Gasteiger charge is -2.23. The van der Waals surface area contributed by atoms with Crippen molar-refractivity contribution in [2.24, 2.45) is 5.73 Å². The Morgan fingerprint density at radius 1 is 1.53 bits per heavy atom. The topological polar surface area (TPSA) is 74.2 Å². The lowest BCUT2D eigenvalue weighted by atomic mass is 9.86. The zero-order valence-electron chi connectivity index (χ0n) is 10.6. The van der Waals surface area contributed by atoms with Crippen LogP contribution in [-0.4, -0.2) is 23.3 Å². The monoisotopic (exact) mass is 239 g/mol. The molecule has 3 atom stereocenters. The van der Waals surface area contributed by atoms with Gasteiger partial charge in [0.2, 0.25) is 11.7 Å². The molecule has 1 heterocycles. The third-order valence-electron chi connectivity index (χ3n) is 3.46. The van der Waals surface area contributed by atoms with Gasteiger partial charge < -0.3 is 15.0 Å². The Kier molecular flexibility index (Phi) is 4.12.